The minimum atomic E-state index is 0.402. The van der Waals surface area contributed by atoms with Gasteiger partial charge in [-0.2, -0.15) is 14.8 Å². The number of ether oxygens (including phenoxy) is 2. The summed E-state index contributed by atoms with van der Waals surface area (Å²) in [5.41, 5.74) is 10.8. The molecule has 7 nitrogen and oxygen atoms in total. The van der Waals surface area contributed by atoms with Gasteiger partial charge in [0.05, 0.1) is 12.8 Å². The molecule has 7 heteroatoms. The van der Waals surface area contributed by atoms with Gasteiger partial charge in [0.1, 0.15) is 18.2 Å². The molecule has 0 saturated carbocycles. The summed E-state index contributed by atoms with van der Waals surface area (Å²) in [7, 11) is 1.65. The van der Waals surface area contributed by atoms with E-state index in [1.54, 1.807) is 11.8 Å². The smallest absolute Gasteiger partial charge is 0.256 e. The zero-order valence-corrected chi connectivity index (χ0v) is 16.4. The van der Waals surface area contributed by atoms with E-state index in [-0.39, 0.29) is 0 Å². The second kappa shape index (κ2) is 7.65. The third kappa shape index (κ3) is 3.72. The third-order valence-corrected chi connectivity index (χ3v) is 4.65. The Kier molecular flexibility index (Phi) is 5.30. The lowest BCUT2D eigenvalue weighted by molar-refractivity contribution is 0.289. The van der Waals surface area contributed by atoms with Crippen molar-refractivity contribution in [3.8, 4) is 17.6 Å². The summed E-state index contributed by atoms with van der Waals surface area (Å²) in [5, 5.41) is 4.45. The number of hydrogen-bond acceptors (Lipinski definition) is 6. The average molecular weight is 367 g/mol. The Bertz CT molecular complexity index is 948. The van der Waals surface area contributed by atoms with Crippen LogP contribution in [0, 0.1) is 20.8 Å². The molecule has 0 fully saturated rings. The molecule has 0 aliphatic heterocycles. The van der Waals surface area contributed by atoms with Gasteiger partial charge < -0.3 is 15.2 Å². The van der Waals surface area contributed by atoms with Crippen molar-refractivity contribution in [1.29, 1.82) is 0 Å². The number of aromatic nitrogens is 4. The first-order chi connectivity index (χ1) is 12.9. The highest BCUT2D eigenvalue weighted by Gasteiger charge is 2.17. The minimum Gasteiger partial charge on any atom is -0.497 e. The van der Waals surface area contributed by atoms with Crippen molar-refractivity contribution in [2.45, 2.75) is 40.7 Å². The maximum Gasteiger partial charge on any atom is 0.256 e. The average Bonchev–Trinajstić information content (AvgIpc) is 2.93. The number of rotatable bonds is 6. The highest BCUT2D eigenvalue weighted by Crippen LogP contribution is 2.24. The largest absolute Gasteiger partial charge is 0.497 e. The molecule has 0 unspecified atom stereocenters. The van der Waals surface area contributed by atoms with Gasteiger partial charge >= 0.3 is 0 Å². The monoisotopic (exact) mass is 367 g/mol. The Morgan fingerprint density at radius 1 is 1.04 bits per heavy atom. The zero-order chi connectivity index (χ0) is 19.6. The lowest BCUT2D eigenvalue weighted by Gasteiger charge is -2.14. The van der Waals surface area contributed by atoms with Crippen molar-refractivity contribution in [1.82, 2.24) is 19.7 Å². The van der Waals surface area contributed by atoms with E-state index in [4.69, 9.17) is 15.2 Å². The van der Waals surface area contributed by atoms with E-state index in [1.165, 1.54) is 0 Å². The van der Waals surface area contributed by atoms with E-state index in [1.807, 2.05) is 45.0 Å². The second-order valence-electron chi connectivity index (χ2n) is 6.39. The fourth-order valence-corrected chi connectivity index (χ4v) is 2.83. The summed E-state index contributed by atoms with van der Waals surface area (Å²) in [4.78, 5) is 9.18. The quantitative estimate of drug-likeness (QED) is 0.719. The Morgan fingerprint density at radius 2 is 1.74 bits per heavy atom. The van der Waals surface area contributed by atoms with Crippen molar-refractivity contribution in [2.24, 2.45) is 0 Å². The highest BCUT2D eigenvalue weighted by atomic mass is 16.5. The van der Waals surface area contributed by atoms with Crippen LogP contribution in [0.1, 0.15) is 35.0 Å². The summed E-state index contributed by atoms with van der Waals surface area (Å²) in [6.45, 7) is 8.25. The number of nitrogens with zero attached hydrogens (tertiary/aromatic N) is 4. The second-order valence-corrected chi connectivity index (χ2v) is 6.39. The Morgan fingerprint density at radius 3 is 2.30 bits per heavy atom. The summed E-state index contributed by atoms with van der Waals surface area (Å²) in [5.74, 6) is 2.33. The van der Waals surface area contributed by atoms with Crippen molar-refractivity contribution in [3.05, 3.63) is 52.3 Å². The lowest BCUT2D eigenvalue weighted by Crippen LogP contribution is -2.12. The van der Waals surface area contributed by atoms with E-state index in [9.17, 15) is 0 Å². The predicted octanol–water partition coefficient (Wildman–Crippen LogP) is 3.32. The van der Waals surface area contributed by atoms with Crippen LogP contribution in [0.25, 0.3) is 5.95 Å². The van der Waals surface area contributed by atoms with Crippen LogP contribution in [0.4, 0.5) is 5.82 Å². The molecular weight excluding hydrogens is 342 g/mol. The normalized spacial score (nSPS) is 10.9. The number of hydrogen-bond donors (Lipinski definition) is 1. The van der Waals surface area contributed by atoms with Crippen LogP contribution in [-0.2, 0) is 13.0 Å². The molecule has 142 valence electrons. The number of nitrogen functional groups attached to an aromatic ring is 1. The minimum absolute atomic E-state index is 0.402. The number of aryl methyl sites for hydroxylation is 2. The predicted molar refractivity (Wildman–Crippen MR) is 104 cm³/mol. The van der Waals surface area contributed by atoms with Gasteiger partial charge in [0.25, 0.3) is 5.95 Å². The van der Waals surface area contributed by atoms with E-state index in [0.29, 0.717) is 24.3 Å². The SMILES string of the molecule is CCc1c(C)nc(-n2nc(C)c(C)c2N)nc1OCc1ccc(OC)cc1. The van der Waals surface area contributed by atoms with Crippen LogP contribution in [0.15, 0.2) is 24.3 Å². The molecule has 27 heavy (non-hydrogen) atoms. The maximum atomic E-state index is 6.17. The number of methoxy groups -OCH3 is 1. The van der Waals surface area contributed by atoms with Gasteiger partial charge in [-0.05, 0) is 44.9 Å². The van der Waals surface area contributed by atoms with Crippen LogP contribution >= 0.6 is 0 Å². The van der Waals surface area contributed by atoms with Crippen LogP contribution in [0.5, 0.6) is 11.6 Å². The van der Waals surface area contributed by atoms with Crippen molar-refractivity contribution in [3.63, 3.8) is 0 Å². The van der Waals surface area contributed by atoms with Gasteiger partial charge in [0.15, 0.2) is 0 Å². The molecule has 3 rings (SSSR count). The molecule has 0 amide bonds. The van der Waals surface area contributed by atoms with Gasteiger partial charge in [-0.25, -0.2) is 4.98 Å². The molecule has 0 radical (unpaired) electrons. The standard InChI is InChI=1S/C20H25N5O2/c1-6-17-14(4)22-20(25-18(21)12(2)13(3)24-25)23-19(17)27-11-15-7-9-16(26-5)10-8-15/h7-10H,6,11,21H2,1-5H3. The van der Waals surface area contributed by atoms with Crippen LogP contribution < -0.4 is 15.2 Å². The summed E-state index contributed by atoms with van der Waals surface area (Å²) >= 11 is 0. The van der Waals surface area contributed by atoms with Crippen molar-refractivity contribution >= 4 is 5.82 Å². The fourth-order valence-electron chi connectivity index (χ4n) is 2.83. The molecule has 2 aromatic heterocycles. The van der Waals surface area contributed by atoms with E-state index in [2.05, 4.69) is 22.0 Å². The molecule has 0 aliphatic rings. The number of nitrogens with two attached hydrogens (primary N) is 1. The Balaban J connectivity index is 1.93. The molecule has 3 aromatic rings. The van der Waals surface area contributed by atoms with Gasteiger partial charge in [-0.15, -0.1) is 0 Å². The first-order valence-electron chi connectivity index (χ1n) is 8.89. The molecule has 0 bridgehead atoms. The highest BCUT2D eigenvalue weighted by molar-refractivity contribution is 5.46. The van der Waals surface area contributed by atoms with Gasteiger partial charge in [-0.3, -0.25) is 0 Å². The third-order valence-electron chi connectivity index (χ3n) is 4.65. The molecular formula is C20H25N5O2. The number of benzene rings is 1. The topological polar surface area (TPSA) is 88.1 Å². The maximum absolute atomic E-state index is 6.17. The van der Waals surface area contributed by atoms with E-state index >= 15 is 0 Å². The van der Waals surface area contributed by atoms with Crippen molar-refractivity contribution < 1.29 is 9.47 Å². The Hall–Kier alpha value is -3.09. The van der Waals surface area contributed by atoms with Crippen molar-refractivity contribution in [2.75, 3.05) is 12.8 Å². The van der Waals surface area contributed by atoms with Crippen LogP contribution in [0.2, 0.25) is 0 Å². The first kappa shape index (κ1) is 18.7. The van der Waals surface area contributed by atoms with E-state index in [0.717, 1.165) is 40.2 Å². The Labute approximate surface area is 159 Å². The molecule has 0 aliphatic carbocycles. The molecule has 2 N–H and O–H groups in total. The first-order valence-corrected chi connectivity index (χ1v) is 8.89. The molecule has 1 aromatic carbocycles. The zero-order valence-electron chi connectivity index (χ0n) is 16.4. The molecule has 0 atom stereocenters. The fraction of sp³-hybridized carbons (Fsp3) is 0.350. The molecule has 0 spiro atoms. The van der Waals surface area contributed by atoms with Crippen LogP contribution in [0.3, 0.4) is 0 Å². The van der Waals surface area contributed by atoms with E-state index < -0.39 is 0 Å². The number of anilines is 1. The van der Waals surface area contributed by atoms with Crippen LogP contribution in [-0.4, -0.2) is 26.9 Å². The molecule has 2 heterocycles. The van der Waals surface area contributed by atoms with Gasteiger partial charge in [0.2, 0.25) is 5.88 Å². The summed E-state index contributed by atoms with van der Waals surface area (Å²) in [6.07, 6.45) is 0.775. The lowest BCUT2D eigenvalue weighted by atomic mass is 10.2. The van der Waals surface area contributed by atoms with Gasteiger partial charge in [0, 0.05) is 16.8 Å². The summed E-state index contributed by atoms with van der Waals surface area (Å²) < 4.78 is 12.8. The summed E-state index contributed by atoms with van der Waals surface area (Å²) in [6, 6.07) is 7.76. The van der Waals surface area contributed by atoms with Gasteiger partial charge in [-0.1, -0.05) is 19.1 Å². The molecule has 0 saturated heterocycles.